The van der Waals surface area contributed by atoms with Crippen molar-refractivity contribution in [1.82, 2.24) is 9.78 Å². The SMILES string of the molecule is COCC1(COC)Oc2ccc(C#N)cc2[C@H](c2ccc(=O)n(Cc3ccccc3)n2)[C@]1(N)O. The van der Waals surface area contributed by atoms with Crippen LogP contribution in [-0.2, 0) is 16.0 Å². The molecule has 0 fully saturated rings. The van der Waals surface area contributed by atoms with Crippen molar-refractivity contribution in [2.45, 2.75) is 23.8 Å². The summed E-state index contributed by atoms with van der Waals surface area (Å²) < 4.78 is 18.2. The molecule has 1 aromatic heterocycles. The van der Waals surface area contributed by atoms with Crippen LogP contribution in [-0.4, -0.2) is 53.6 Å². The van der Waals surface area contributed by atoms with Gasteiger partial charge in [0.05, 0.1) is 43.0 Å². The molecule has 4 rings (SSSR count). The normalized spacial score (nSPS) is 20.7. The van der Waals surface area contributed by atoms with Crippen LogP contribution in [0.1, 0.15) is 28.3 Å². The van der Waals surface area contributed by atoms with Crippen LogP contribution >= 0.6 is 0 Å². The fourth-order valence-electron chi connectivity index (χ4n) is 4.40. The highest BCUT2D eigenvalue weighted by atomic mass is 16.6. The van der Waals surface area contributed by atoms with Crippen molar-refractivity contribution < 1.29 is 19.3 Å². The summed E-state index contributed by atoms with van der Waals surface area (Å²) in [6, 6.07) is 19.3. The van der Waals surface area contributed by atoms with Crippen molar-refractivity contribution in [3.05, 3.63) is 93.4 Å². The molecule has 1 aliphatic rings. The Hall–Kier alpha value is -3.55. The van der Waals surface area contributed by atoms with Gasteiger partial charge in [0, 0.05) is 25.8 Å². The van der Waals surface area contributed by atoms with Crippen molar-refractivity contribution in [2.75, 3.05) is 27.4 Å². The van der Waals surface area contributed by atoms with Gasteiger partial charge in [0.15, 0.2) is 11.3 Å². The van der Waals surface area contributed by atoms with Gasteiger partial charge in [-0.2, -0.15) is 10.4 Å². The Bertz CT molecular complexity index is 1260. The molecule has 0 unspecified atom stereocenters. The maximum Gasteiger partial charge on any atom is 0.267 e. The maximum atomic E-state index is 12.6. The molecule has 0 saturated carbocycles. The number of fused-ring (bicyclic) bond motifs is 1. The largest absolute Gasteiger partial charge is 0.478 e. The van der Waals surface area contributed by atoms with Gasteiger partial charge in [-0.15, -0.1) is 0 Å². The van der Waals surface area contributed by atoms with E-state index in [0.717, 1.165) is 5.56 Å². The second kappa shape index (κ2) is 9.37. The molecule has 0 aliphatic carbocycles. The first-order chi connectivity index (χ1) is 16.3. The average molecular weight is 463 g/mol. The standard InChI is InChI=1S/C25H26N4O5/c1-32-15-24(16-33-2)25(27,31)23(19-12-18(13-26)8-10-21(19)34-24)20-9-11-22(30)29(28-20)14-17-6-4-3-5-7-17/h3-12,23,31H,14-16,27H2,1-2H3/t23-,25+/m1/s1. The monoisotopic (exact) mass is 462 g/mol. The molecular formula is C25H26N4O5. The minimum absolute atomic E-state index is 0.0760. The lowest BCUT2D eigenvalue weighted by Gasteiger charge is -2.51. The van der Waals surface area contributed by atoms with E-state index < -0.39 is 17.2 Å². The zero-order valence-corrected chi connectivity index (χ0v) is 19.0. The van der Waals surface area contributed by atoms with Gasteiger partial charge >= 0.3 is 0 Å². The first kappa shape index (κ1) is 23.6. The van der Waals surface area contributed by atoms with Crippen molar-refractivity contribution in [3.8, 4) is 11.8 Å². The van der Waals surface area contributed by atoms with Gasteiger partial charge in [-0.25, -0.2) is 4.68 Å². The van der Waals surface area contributed by atoms with Gasteiger partial charge in [0.1, 0.15) is 5.75 Å². The number of rotatable bonds is 7. The summed E-state index contributed by atoms with van der Waals surface area (Å²) >= 11 is 0. The summed E-state index contributed by atoms with van der Waals surface area (Å²) in [6.45, 7) is 0.0903. The van der Waals surface area contributed by atoms with E-state index in [-0.39, 0.29) is 25.3 Å². The molecular weight excluding hydrogens is 436 g/mol. The Morgan fingerprint density at radius 3 is 2.50 bits per heavy atom. The third kappa shape index (κ3) is 4.08. The number of nitrogens with two attached hydrogens (primary N) is 1. The van der Waals surface area contributed by atoms with Gasteiger partial charge in [0.2, 0.25) is 0 Å². The van der Waals surface area contributed by atoms with Gasteiger partial charge in [-0.3, -0.25) is 10.5 Å². The zero-order chi connectivity index (χ0) is 24.3. The number of hydrogen-bond donors (Lipinski definition) is 2. The summed E-state index contributed by atoms with van der Waals surface area (Å²) in [4.78, 5) is 12.6. The smallest absolute Gasteiger partial charge is 0.267 e. The van der Waals surface area contributed by atoms with Crippen LogP contribution in [0, 0.1) is 11.3 Å². The summed E-state index contributed by atoms with van der Waals surface area (Å²) in [5.74, 6) is -0.534. The first-order valence-electron chi connectivity index (χ1n) is 10.7. The number of benzene rings is 2. The van der Waals surface area contributed by atoms with Crippen LogP contribution < -0.4 is 16.0 Å². The van der Waals surface area contributed by atoms with Crippen LogP contribution in [0.5, 0.6) is 5.75 Å². The number of ether oxygens (including phenoxy) is 3. The topological polar surface area (TPSA) is 133 Å². The predicted molar refractivity (Wildman–Crippen MR) is 123 cm³/mol. The molecule has 9 heteroatoms. The van der Waals surface area contributed by atoms with Crippen molar-refractivity contribution in [2.24, 2.45) is 5.73 Å². The molecule has 0 amide bonds. The van der Waals surface area contributed by atoms with Crippen molar-refractivity contribution >= 4 is 0 Å². The molecule has 1 aliphatic heterocycles. The third-order valence-electron chi connectivity index (χ3n) is 6.04. The van der Waals surface area contributed by atoms with Crippen LogP contribution in [0.2, 0.25) is 0 Å². The highest BCUT2D eigenvalue weighted by Crippen LogP contribution is 2.48. The molecule has 0 bridgehead atoms. The predicted octanol–water partition coefficient (Wildman–Crippen LogP) is 1.37. The van der Waals surface area contributed by atoms with E-state index in [1.165, 1.54) is 31.0 Å². The summed E-state index contributed by atoms with van der Waals surface area (Å²) in [6.07, 6.45) is 0. The number of nitriles is 1. The number of aromatic nitrogens is 2. The Morgan fingerprint density at radius 1 is 1.15 bits per heavy atom. The van der Waals surface area contributed by atoms with Gasteiger partial charge in [-0.1, -0.05) is 30.3 Å². The minimum atomic E-state index is -2.07. The highest BCUT2D eigenvalue weighted by Gasteiger charge is 2.60. The summed E-state index contributed by atoms with van der Waals surface area (Å²) in [7, 11) is 2.94. The molecule has 0 radical (unpaired) electrons. The lowest BCUT2D eigenvalue weighted by atomic mass is 9.73. The average Bonchev–Trinajstić information content (AvgIpc) is 2.82. The van der Waals surface area contributed by atoms with Gasteiger partial charge in [0.25, 0.3) is 5.56 Å². The number of methoxy groups -OCH3 is 2. The lowest BCUT2D eigenvalue weighted by Crippen LogP contribution is -2.72. The van der Waals surface area contributed by atoms with E-state index in [9.17, 15) is 15.2 Å². The maximum absolute atomic E-state index is 12.6. The number of aliphatic hydroxyl groups is 1. The van der Waals surface area contributed by atoms with Crippen LogP contribution in [0.3, 0.4) is 0 Å². The molecule has 2 aromatic carbocycles. The van der Waals surface area contributed by atoms with Gasteiger partial charge in [-0.05, 0) is 29.8 Å². The van der Waals surface area contributed by atoms with Gasteiger partial charge < -0.3 is 19.3 Å². The van der Waals surface area contributed by atoms with Crippen LogP contribution in [0.25, 0.3) is 0 Å². The molecule has 3 N–H and O–H groups in total. The number of nitrogens with zero attached hydrogens (tertiary/aromatic N) is 3. The second-order valence-corrected chi connectivity index (χ2v) is 8.32. The van der Waals surface area contributed by atoms with E-state index in [0.29, 0.717) is 22.6 Å². The number of hydrogen-bond acceptors (Lipinski definition) is 8. The van der Waals surface area contributed by atoms with E-state index in [1.54, 1.807) is 18.2 Å². The van der Waals surface area contributed by atoms with Crippen molar-refractivity contribution in [1.29, 1.82) is 5.26 Å². The highest BCUT2D eigenvalue weighted by molar-refractivity contribution is 5.51. The van der Waals surface area contributed by atoms with Crippen molar-refractivity contribution in [3.63, 3.8) is 0 Å². The Labute approximate surface area is 196 Å². The molecule has 3 aromatic rings. The van der Waals surface area contributed by atoms with Crippen LogP contribution in [0.4, 0.5) is 0 Å². The minimum Gasteiger partial charge on any atom is -0.478 e. The molecule has 0 spiro atoms. The van der Waals surface area contributed by atoms with Crippen LogP contribution in [0.15, 0.2) is 65.5 Å². The molecule has 34 heavy (non-hydrogen) atoms. The molecule has 2 atom stereocenters. The van der Waals surface area contributed by atoms with E-state index >= 15 is 0 Å². The van der Waals surface area contributed by atoms with E-state index in [1.807, 2.05) is 30.3 Å². The molecule has 2 heterocycles. The Morgan fingerprint density at radius 2 is 1.85 bits per heavy atom. The Balaban J connectivity index is 1.90. The fraction of sp³-hybridized carbons (Fsp3) is 0.320. The molecule has 0 saturated heterocycles. The zero-order valence-electron chi connectivity index (χ0n) is 19.0. The third-order valence-corrected chi connectivity index (χ3v) is 6.04. The second-order valence-electron chi connectivity index (χ2n) is 8.32. The molecule has 9 nitrogen and oxygen atoms in total. The quantitative estimate of drug-likeness (QED) is 0.503. The first-order valence-corrected chi connectivity index (χ1v) is 10.7. The summed E-state index contributed by atoms with van der Waals surface area (Å²) in [5, 5.41) is 25.8. The molecule has 176 valence electrons. The van der Waals surface area contributed by atoms with E-state index in [4.69, 9.17) is 19.9 Å². The Kier molecular flexibility index (Phi) is 6.50. The van der Waals surface area contributed by atoms with E-state index in [2.05, 4.69) is 11.2 Å². The fourth-order valence-corrected chi connectivity index (χ4v) is 4.40. The lowest BCUT2D eigenvalue weighted by molar-refractivity contribution is -0.198. The summed E-state index contributed by atoms with van der Waals surface area (Å²) in [5.41, 5.74) is 4.84.